The fourth-order valence-electron chi connectivity index (χ4n) is 0.671. The van der Waals surface area contributed by atoms with E-state index in [1.54, 1.807) is 0 Å². The average molecular weight is 169 g/mol. The summed E-state index contributed by atoms with van der Waals surface area (Å²) in [6.45, 7) is 5.66. The predicted molar refractivity (Wildman–Crippen MR) is 50.7 cm³/mol. The molecule has 1 amide bonds. The second kappa shape index (κ2) is 4.29. The van der Waals surface area contributed by atoms with Gasteiger partial charge in [-0.1, -0.05) is 20.8 Å². The van der Waals surface area contributed by atoms with Gasteiger partial charge in [-0.05, 0) is 6.42 Å². The highest BCUT2D eigenvalue weighted by Gasteiger charge is 2.27. The molecule has 0 unspecified atom stereocenters. The highest BCUT2D eigenvalue weighted by atomic mass is 16.2. The lowest BCUT2D eigenvalue weighted by atomic mass is 9.61. The summed E-state index contributed by atoms with van der Waals surface area (Å²) < 4.78 is 0. The molecule has 0 fully saturated rings. The summed E-state index contributed by atoms with van der Waals surface area (Å²) in [6, 6.07) is 0. The summed E-state index contributed by atoms with van der Waals surface area (Å²) in [5, 5.41) is 2.43. The van der Waals surface area contributed by atoms with Gasteiger partial charge in [-0.2, -0.15) is 0 Å². The zero-order valence-electron chi connectivity index (χ0n) is 8.23. The van der Waals surface area contributed by atoms with Gasteiger partial charge in [-0.25, -0.2) is 0 Å². The molecule has 3 nitrogen and oxygen atoms in total. The van der Waals surface area contributed by atoms with E-state index in [0.717, 1.165) is 6.42 Å². The Morgan fingerprint density at radius 3 is 2.25 bits per heavy atom. The largest absolute Gasteiger partial charge is 0.368 e. The fraction of sp³-hybridized carbons (Fsp3) is 0.750. The third-order valence-electron chi connectivity index (χ3n) is 2.24. The molecule has 12 heavy (non-hydrogen) atoms. The van der Waals surface area contributed by atoms with Gasteiger partial charge in [-0.15, -0.1) is 0 Å². The maximum absolute atomic E-state index is 11.4. The van der Waals surface area contributed by atoms with Crippen molar-refractivity contribution in [1.29, 1.82) is 0 Å². The minimum absolute atomic E-state index is 0.00264. The number of rotatable bonds is 4. The minimum Gasteiger partial charge on any atom is -0.368 e. The van der Waals surface area contributed by atoms with Crippen LogP contribution in [0.4, 0.5) is 4.79 Å². The number of hydrogen-bond donors (Lipinski definition) is 1. The van der Waals surface area contributed by atoms with Gasteiger partial charge >= 0.3 is 7.28 Å². The Morgan fingerprint density at radius 1 is 1.42 bits per heavy atom. The molecule has 0 aliphatic carbocycles. The van der Waals surface area contributed by atoms with Crippen LogP contribution in [0.15, 0.2) is 0 Å². The first-order valence-corrected chi connectivity index (χ1v) is 4.18. The molecule has 0 rings (SSSR count). The lowest BCUT2D eigenvalue weighted by molar-refractivity contribution is -0.119. The van der Waals surface area contributed by atoms with Crippen molar-refractivity contribution in [3.05, 3.63) is 0 Å². The first-order chi connectivity index (χ1) is 5.44. The van der Waals surface area contributed by atoms with Crippen LogP contribution in [0.5, 0.6) is 0 Å². The van der Waals surface area contributed by atoms with Gasteiger partial charge in [0.25, 0.3) is 0 Å². The maximum Gasteiger partial charge on any atom is 0.313 e. The van der Waals surface area contributed by atoms with Gasteiger partial charge in [0.1, 0.15) is 5.68 Å². The zero-order valence-corrected chi connectivity index (χ0v) is 8.23. The number of carbonyl (C=O) groups is 2. The van der Waals surface area contributed by atoms with Gasteiger partial charge in [-0.3, -0.25) is 4.79 Å². The lowest BCUT2D eigenvalue weighted by Gasteiger charge is -2.19. The monoisotopic (exact) mass is 169 g/mol. The first-order valence-electron chi connectivity index (χ1n) is 4.18. The molecule has 68 valence electrons. The lowest BCUT2D eigenvalue weighted by Crippen LogP contribution is -2.36. The topological polar surface area (TPSA) is 46.2 Å². The molecule has 0 saturated carbocycles. The summed E-state index contributed by atoms with van der Waals surface area (Å²) >= 11 is 0. The summed E-state index contributed by atoms with van der Waals surface area (Å²) in [7, 11) is 1.53. The quantitative estimate of drug-likeness (QED) is 0.630. The maximum atomic E-state index is 11.4. The second-order valence-electron chi connectivity index (χ2n) is 3.51. The summed E-state index contributed by atoms with van der Waals surface area (Å²) in [5.41, 5.74) is -0.365. The molecule has 0 atom stereocenters. The molecule has 0 heterocycles. The molecule has 0 aromatic carbocycles. The van der Waals surface area contributed by atoms with Gasteiger partial charge in [0.2, 0.25) is 0 Å². The SMILES string of the molecule is CCC(C)(C)C(=O)BC(=O)NC. The van der Waals surface area contributed by atoms with Crippen LogP contribution in [0.2, 0.25) is 0 Å². The molecule has 1 N–H and O–H groups in total. The molecule has 0 radical (unpaired) electrons. The fourth-order valence-corrected chi connectivity index (χ4v) is 0.671. The van der Waals surface area contributed by atoms with Crippen molar-refractivity contribution in [1.82, 2.24) is 5.32 Å². The molecule has 0 aromatic heterocycles. The molecule has 0 bridgehead atoms. The smallest absolute Gasteiger partial charge is 0.313 e. The normalized spacial score (nSPS) is 10.7. The van der Waals surface area contributed by atoms with E-state index in [1.807, 2.05) is 20.8 Å². The number of amides is 1. The van der Waals surface area contributed by atoms with E-state index in [-0.39, 0.29) is 24.2 Å². The molecular formula is C8H16BNO2. The molecule has 0 aliphatic rings. The van der Waals surface area contributed by atoms with Crippen LogP contribution in [-0.2, 0) is 4.79 Å². The molecular weight excluding hydrogens is 153 g/mol. The van der Waals surface area contributed by atoms with Gasteiger partial charge in [0.05, 0.1) is 0 Å². The van der Waals surface area contributed by atoms with Crippen LogP contribution < -0.4 is 5.32 Å². The standard InChI is InChI=1S/C8H16BNO2/c1-5-8(2,3)6(11)9-7(12)10-4/h9H,5H2,1-4H3,(H,10,12). The number of hydrogen-bond acceptors (Lipinski definition) is 2. The number of carbonyl (C=O) groups excluding carboxylic acids is 2. The highest BCUT2D eigenvalue weighted by Crippen LogP contribution is 2.19. The molecule has 0 aliphatic heterocycles. The molecule has 0 saturated heterocycles. The Balaban J connectivity index is 4.13. The first kappa shape index (κ1) is 11.2. The van der Waals surface area contributed by atoms with Crippen molar-refractivity contribution in [2.45, 2.75) is 27.2 Å². The van der Waals surface area contributed by atoms with E-state index in [2.05, 4.69) is 5.32 Å². The van der Waals surface area contributed by atoms with Crippen molar-refractivity contribution in [3.63, 3.8) is 0 Å². The van der Waals surface area contributed by atoms with Crippen molar-refractivity contribution in [2.75, 3.05) is 7.05 Å². The van der Waals surface area contributed by atoms with E-state index >= 15 is 0 Å². The predicted octanol–water partition coefficient (Wildman–Crippen LogP) is 0.725. The third-order valence-corrected chi connectivity index (χ3v) is 2.24. The highest BCUT2D eigenvalue weighted by molar-refractivity contribution is 6.97. The average Bonchev–Trinajstić information content (AvgIpc) is 2.04. The molecule has 4 heteroatoms. The Kier molecular flexibility index (Phi) is 4.00. The van der Waals surface area contributed by atoms with Gasteiger partial charge < -0.3 is 10.1 Å². The summed E-state index contributed by atoms with van der Waals surface area (Å²) in [5.74, 6) is -0.207. The van der Waals surface area contributed by atoms with Crippen LogP contribution >= 0.6 is 0 Å². The Labute approximate surface area is 74.2 Å². The van der Waals surface area contributed by atoms with E-state index in [4.69, 9.17) is 0 Å². The van der Waals surface area contributed by atoms with Crippen LogP contribution in [0.3, 0.4) is 0 Å². The summed E-state index contributed by atoms with van der Waals surface area (Å²) in [4.78, 5) is 22.3. The summed E-state index contributed by atoms with van der Waals surface area (Å²) in [6.07, 6.45) is 0.767. The zero-order chi connectivity index (χ0) is 9.78. The van der Waals surface area contributed by atoms with Crippen LogP contribution in [-0.4, -0.2) is 25.8 Å². The van der Waals surface area contributed by atoms with Crippen LogP contribution in [0, 0.1) is 5.41 Å². The van der Waals surface area contributed by atoms with E-state index in [1.165, 1.54) is 7.05 Å². The Morgan fingerprint density at radius 2 is 1.92 bits per heavy atom. The van der Waals surface area contributed by atoms with E-state index in [9.17, 15) is 9.59 Å². The molecule has 0 spiro atoms. The van der Waals surface area contributed by atoms with Gasteiger partial charge in [0, 0.05) is 12.5 Å². The number of nitrogens with one attached hydrogen (secondary N) is 1. The van der Waals surface area contributed by atoms with E-state index < -0.39 is 0 Å². The van der Waals surface area contributed by atoms with E-state index in [0.29, 0.717) is 0 Å². The van der Waals surface area contributed by atoms with Crippen molar-refractivity contribution in [3.8, 4) is 0 Å². The second-order valence-corrected chi connectivity index (χ2v) is 3.51. The van der Waals surface area contributed by atoms with Crippen molar-refractivity contribution >= 4 is 18.8 Å². The van der Waals surface area contributed by atoms with Crippen LogP contribution in [0.25, 0.3) is 0 Å². The van der Waals surface area contributed by atoms with Crippen molar-refractivity contribution in [2.24, 2.45) is 5.41 Å². The molecule has 0 aromatic rings. The Hall–Kier alpha value is -0.795. The van der Waals surface area contributed by atoms with Crippen molar-refractivity contribution < 1.29 is 9.59 Å². The Bertz CT molecular complexity index is 189. The minimum atomic E-state index is -0.369. The van der Waals surface area contributed by atoms with Gasteiger partial charge in [0.15, 0.2) is 5.81 Å². The third kappa shape index (κ3) is 3.07. The van der Waals surface area contributed by atoms with Crippen LogP contribution in [0.1, 0.15) is 27.2 Å².